The minimum Gasteiger partial charge on any atom is -0.354 e. The van der Waals surface area contributed by atoms with E-state index in [9.17, 15) is 9.59 Å². The zero-order chi connectivity index (χ0) is 18.4. The monoisotopic (exact) mass is 358 g/mol. The zero-order valence-corrected chi connectivity index (χ0v) is 15.6. The summed E-state index contributed by atoms with van der Waals surface area (Å²) in [6.45, 7) is 5.87. The van der Waals surface area contributed by atoms with Crippen LogP contribution in [0.15, 0.2) is 42.5 Å². The van der Waals surface area contributed by atoms with Gasteiger partial charge < -0.3 is 10.2 Å². The molecule has 0 unspecified atom stereocenters. The molecule has 0 aliphatic heterocycles. The lowest BCUT2D eigenvalue weighted by Crippen LogP contribution is -2.41. The number of rotatable bonds is 6. The number of carbonyl (C=O) groups is 2. The summed E-state index contributed by atoms with van der Waals surface area (Å²) in [7, 11) is 0. The molecule has 0 heterocycles. The van der Waals surface area contributed by atoms with Crippen molar-refractivity contribution in [2.24, 2.45) is 0 Å². The van der Waals surface area contributed by atoms with Crippen LogP contribution >= 0.6 is 11.6 Å². The van der Waals surface area contributed by atoms with Gasteiger partial charge in [-0.1, -0.05) is 41.9 Å². The van der Waals surface area contributed by atoms with Gasteiger partial charge in [0.1, 0.15) is 6.54 Å². The third-order valence-corrected chi connectivity index (χ3v) is 4.25. The molecule has 4 nitrogen and oxygen atoms in total. The van der Waals surface area contributed by atoms with E-state index in [0.29, 0.717) is 18.0 Å². The average molecular weight is 359 g/mol. The van der Waals surface area contributed by atoms with Gasteiger partial charge in [0.2, 0.25) is 11.8 Å². The average Bonchev–Trinajstić information content (AvgIpc) is 2.53. The van der Waals surface area contributed by atoms with Crippen LogP contribution in [-0.4, -0.2) is 24.9 Å². The molecule has 0 aliphatic rings. The second kappa shape index (κ2) is 8.67. The van der Waals surface area contributed by atoms with Crippen LogP contribution in [0.3, 0.4) is 0 Å². The lowest BCUT2D eigenvalue weighted by atomic mass is 10.1. The topological polar surface area (TPSA) is 49.4 Å². The Labute approximate surface area is 153 Å². The fraction of sp³-hybridized carbons (Fsp3) is 0.300. The Morgan fingerprint density at radius 3 is 2.32 bits per heavy atom. The van der Waals surface area contributed by atoms with Gasteiger partial charge in [-0.3, -0.25) is 9.59 Å². The third-order valence-electron chi connectivity index (χ3n) is 4.02. The predicted octanol–water partition coefficient (Wildman–Crippen LogP) is 3.67. The second-order valence-electron chi connectivity index (χ2n) is 6.08. The van der Waals surface area contributed by atoms with E-state index >= 15 is 0 Å². The molecule has 0 atom stereocenters. The number of hydrogen-bond donors (Lipinski definition) is 1. The first-order valence-corrected chi connectivity index (χ1v) is 8.61. The van der Waals surface area contributed by atoms with Crippen LogP contribution in [-0.2, 0) is 16.0 Å². The second-order valence-corrected chi connectivity index (χ2v) is 6.51. The Balaban J connectivity index is 1.98. The summed E-state index contributed by atoms with van der Waals surface area (Å²) in [6, 6.07) is 13.4. The summed E-state index contributed by atoms with van der Waals surface area (Å²) >= 11 is 5.96. The van der Waals surface area contributed by atoms with Crippen LogP contribution in [0, 0.1) is 13.8 Å². The molecule has 0 bridgehead atoms. The molecule has 2 aromatic rings. The highest BCUT2D eigenvalue weighted by Gasteiger charge is 2.19. The number of aryl methyl sites for hydroxylation is 2. The van der Waals surface area contributed by atoms with Gasteiger partial charge >= 0.3 is 0 Å². The predicted molar refractivity (Wildman–Crippen MR) is 102 cm³/mol. The Morgan fingerprint density at radius 2 is 1.72 bits per heavy atom. The molecule has 0 spiro atoms. The minimum absolute atomic E-state index is 0.0105. The first-order chi connectivity index (χ1) is 11.9. The van der Waals surface area contributed by atoms with E-state index in [-0.39, 0.29) is 18.4 Å². The number of anilines is 1. The van der Waals surface area contributed by atoms with Crippen molar-refractivity contribution < 1.29 is 9.59 Å². The molecule has 2 rings (SSSR count). The Morgan fingerprint density at radius 1 is 1.08 bits per heavy atom. The van der Waals surface area contributed by atoms with Crippen LogP contribution in [0.1, 0.15) is 23.6 Å². The van der Waals surface area contributed by atoms with E-state index in [1.165, 1.54) is 11.8 Å². The standard InChI is InChI=1S/C20H23ClN2O2/c1-14-6-4-7-15(2)20(14)23(16(3)24)13-19(25)22-11-10-17-8-5-9-18(21)12-17/h4-9,12H,10-11,13H2,1-3H3,(H,22,25). The number of para-hydroxylation sites is 1. The molecule has 25 heavy (non-hydrogen) atoms. The van der Waals surface area contributed by atoms with Gasteiger partial charge in [0.05, 0.1) is 5.69 Å². The van der Waals surface area contributed by atoms with Crippen molar-refractivity contribution in [2.75, 3.05) is 18.0 Å². The molecule has 1 N–H and O–H groups in total. The molecular weight excluding hydrogens is 336 g/mol. The molecule has 0 aromatic heterocycles. The molecule has 0 aliphatic carbocycles. The zero-order valence-electron chi connectivity index (χ0n) is 14.8. The molecular formula is C20H23ClN2O2. The lowest BCUT2D eigenvalue weighted by molar-refractivity contribution is -0.123. The molecule has 0 saturated carbocycles. The van der Waals surface area contributed by atoms with Gasteiger partial charge in [0, 0.05) is 18.5 Å². The molecule has 0 fully saturated rings. The van der Waals surface area contributed by atoms with E-state index in [2.05, 4.69) is 5.32 Å². The fourth-order valence-corrected chi connectivity index (χ4v) is 3.03. The quantitative estimate of drug-likeness (QED) is 0.856. The number of nitrogens with zero attached hydrogens (tertiary/aromatic N) is 1. The molecule has 2 amide bonds. The normalized spacial score (nSPS) is 10.4. The fourth-order valence-electron chi connectivity index (χ4n) is 2.82. The summed E-state index contributed by atoms with van der Waals surface area (Å²) in [5.41, 5.74) is 3.81. The van der Waals surface area contributed by atoms with Gasteiger partial charge in [-0.15, -0.1) is 0 Å². The highest BCUT2D eigenvalue weighted by atomic mass is 35.5. The van der Waals surface area contributed by atoms with Gasteiger partial charge in [-0.2, -0.15) is 0 Å². The van der Waals surface area contributed by atoms with Crippen LogP contribution in [0.5, 0.6) is 0 Å². The van der Waals surface area contributed by atoms with E-state index in [0.717, 1.165) is 22.4 Å². The van der Waals surface area contributed by atoms with Crippen molar-refractivity contribution in [1.82, 2.24) is 5.32 Å². The number of halogens is 1. The highest BCUT2D eigenvalue weighted by Crippen LogP contribution is 2.24. The van der Waals surface area contributed by atoms with E-state index in [4.69, 9.17) is 11.6 Å². The van der Waals surface area contributed by atoms with Gasteiger partial charge in [-0.05, 0) is 49.1 Å². The van der Waals surface area contributed by atoms with Crippen LogP contribution in [0.25, 0.3) is 0 Å². The first-order valence-electron chi connectivity index (χ1n) is 8.24. The number of amides is 2. The lowest BCUT2D eigenvalue weighted by Gasteiger charge is -2.24. The Kier molecular flexibility index (Phi) is 6.59. The number of carbonyl (C=O) groups excluding carboxylic acids is 2. The Hall–Kier alpha value is -2.33. The van der Waals surface area contributed by atoms with E-state index in [1.807, 2.05) is 56.3 Å². The van der Waals surface area contributed by atoms with Crippen molar-refractivity contribution in [2.45, 2.75) is 27.2 Å². The summed E-state index contributed by atoms with van der Waals surface area (Å²) < 4.78 is 0. The number of hydrogen-bond acceptors (Lipinski definition) is 2. The number of benzene rings is 2. The van der Waals surface area contributed by atoms with Gasteiger partial charge in [-0.25, -0.2) is 0 Å². The van der Waals surface area contributed by atoms with E-state index < -0.39 is 0 Å². The van der Waals surface area contributed by atoms with Crippen LogP contribution < -0.4 is 10.2 Å². The first kappa shape index (κ1) is 19.0. The van der Waals surface area contributed by atoms with Crippen molar-refractivity contribution in [1.29, 1.82) is 0 Å². The minimum atomic E-state index is -0.181. The summed E-state index contributed by atoms with van der Waals surface area (Å²) in [4.78, 5) is 25.9. The summed E-state index contributed by atoms with van der Waals surface area (Å²) in [5.74, 6) is -0.331. The SMILES string of the molecule is CC(=O)N(CC(=O)NCCc1cccc(Cl)c1)c1c(C)cccc1C. The van der Waals surface area contributed by atoms with Crippen molar-refractivity contribution in [3.05, 3.63) is 64.2 Å². The van der Waals surface area contributed by atoms with Crippen molar-refractivity contribution >= 4 is 29.1 Å². The van der Waals surface area contributed by atoms with Gasteiger partial charge in [0.15, 0.2) is 0 Å². The summed E-state index contributed by atoms with van der Waals surface area (Å²) in [5, 5.41) is 3.55. The molecule has 2 aromatic carbocycles. The highest BCUT2D eigenvalue weighted by molar-refractivity contribution is 6.30. The van der Waals surface area contributed by atoms with Crippen LogP contribution in [0.4, 0.5) is 5.69 Å². The van der Waals surface area contributed by atoms with E-state index in [1.54, 1.807) is 0 Å². The molecule has 0 radical (unpaired) electrons. The largest absolute Gasteiger partial charge is 0.354 e. The van der Waals surface area contributed by atoms with Gasteiger partial charge in [0.25, 0.3) is 0 Å². The maximum atomic E-state index is 12.3. The molecule has 0 saturated heterocycles. The maximum absolute atomic E-state index is 12.3. The maximum Gasteiger partial charge on any atom is 0.240 e. The molecule has 5 heteroatoms. The van der Waals surface area contributed by atoms with Crippen molar-refractivity contribution in [3.8, 4) is 0 Å². The van der Waals surface area contributed by atoms with Crippen LogP contribution in [0.2, 0.25) is 5.02 Å². The molecule has 132 valence electrons. The smallest absolute Gasteiger partial charge is 0.240 e. The Bertz CT molecular complexity index is 754. The third kappa shape index (κ3) is 5.33. The van der Waals surface area contributed by atoms with Crippen molar-refractivity contribution in [3.63, 3.8) is 0 Å². The number of nitrogens with one attached hydrogen (secondary N) is 1. The summed E-state index contributed by atoms with van der Waals surface area (Å²) in [6.07, 6.45) is 0.690.